The molecule has 0 spiro atoms. The number of amides is 2. The van der Waals surface area contributed by atoms with E-state index in [9.17, 15) is 27.9 Å². The molecule has 0 unspecified atom stereocenters. The van der Waals surface area contributed by atoms with E-state index in [1.54, 1.807) is 17.0 Å². The Morgan fingerprint density at radius 2 is 2.00 bits per heavy atom. The lowest BCUT2D eigenvalue weighted by Crippen LogP contribution is -2.62. The van der Waals surface area contributed by atoms with Crippen LogP contribution in [0.3, 0.4) is 0 Å². The number of β-amino-alcohol motifs (C(OH)–C–C–N with tert-alkyl or cyclic N) is 1. The molecular formula is C25H23ClF3N9O3. The lowest BCUT2D eigenvalue weighted by atomic mass is 10.1. The summed E-state index contributed by atoms with van der Waals surface area (Å²) in [5, 5.41) is 24.2. The highest BCUT2D eigenvalue weighted by molar-refractivity contribution is 6.34. The molecule has 5 heterocycles. The minimum Gasteiger partial charge on any atom is -0.392 e. The molecule has 0 radical (unpaired) electrons. The summed E-state index contributed by atoms with van der Waals surface area (Å²) in [7, 11) is 0. The van der Waals surface area contributed by atoms with E-state index in [4.69, 9.17) is 11.6 Å². The fraction of sp³-hybridized carbons (Fsp3) is 0.320. The summed E-state index contributed by atoms with van der Waals surface area (Å²) in [5.74, 6) is -0.234. The summed E-state index contributed by atoms with van der Waals surface area (Å²) in [6.07, 6.45) is 0.519. The first kappa shape index (κ1) is 27.0. The number of carbonyl (C=O) groups excluding carboxylic acids is 2. The standard InChI is InChI=1S/C25H23ClF3N9O3/c26-17-5-12(1-2-15(17)24(41)37-10-13(11-37)35-23(40)18-6-14(39)7-31-18)34-21-22-32-9-19(38(22)4-3-30-21)16-8-33-36-20(16)25(27,28)29/h1-5,8-9,13-14,18,31,39H,6-7,10-11H2,(H,30,34)(H,33,36)(H,35,40)/t14-,18+/m1/s1. The maximum Gasteiger partial charge on any atom is 0.435 e. The highest BCUT2D eigenvalue weighted by atomic mass is 35.5. The number of imidazole rings is 1. The number of aromatic nitrogens is 5. The van der Waals surface area contributed by atoms with Crippen LogP contribution >= 0.6 is 11.6 Å². The Balaban J connectivity index is 1.13. The third kappa shape index (κ3) is 5.18. The lowest BCUT2D eigenvalue weighted by molar-refractivity contribution is -0.140. The molecule has 6 rings (SSSR count). The number of likely N-dealkylation sites (tertiary alicyclic amines) is 1. The third-order valence-corrected chi connectivity index (χ3v) is 7.33. The molecular weight excluding hydrogens is 567 g/mol. The average molecular weight is 590 g/mol. The van der Waals surface area contributed by atoms with Gasteiger partial charge in [0.05, 0.1) is 46.2 Å². The Kier molecular flexibility index (Phi) is 6.79. The molecule has 0 aliphatic carbocycles. The van der Waals surface area contributed by atoms with E-state index in [1.165, 1.54) is 29.1 Å². The number of benzene rings is 1. The van der Waals surface area contributed by atoms with Crippen molar-refractivity contribution in [1.82, 2.24) is 40.1 Å². The van der Waals surface area contributed by atoms with E-state index in [-0.39, 0.29) is 51.2 Å². The van der Waals surface area contributed by atoms with Gasteiger partial charge < -0.3 is 26.0 Å². The zero-order valence-corrected chi connectivity index (χ0v) is 21.9. The van der Waals surface area contributed by atoms with Crippen LogP contribution in [0.1, 0.15) is 22.5 Å². The minimum atomic E-state index is -4.65. The summed E-state index contributed by atoms with van der Waals surface area (Å²) < 4.78 is 41.6. The minimum absolute atomic E-state index is 0.158. The number of H-pyrrole nitrogens is 1. The van der Waals surface area contributed by atoms with Gasteiger partial charge >= 0.3 is 6.18 Å². The van der Waals surface area contributed by atoms with Crippen molar-refractivity contribution >= 4 is 40.6 Å². The van der Waals surface area contributed by atoms with Gasteiger partial charge in [0.2, 0.25) is 5.91 Å². The van der Waals surface area contributed by atoms with E-state index >= 15 is 0 Å². The van der Waals surface area contributed by atoms with Gasteiger partial charge in [-0.1, -0.05) is 11.6 Å². The normalized spacial score (nSPS) is 19.4. The van der Waals surface area contributed by atoms with Gasteiger partial charge in [0.1, 0.15) is 0 Å². The van der Waals surface area contributed by atoms with Crippen LogP contribution in [-0.4, -0.2) is 84.2 Å². The number of carbonyl (C=O) groups is 2. The number of aromatic amines is 1. The van der Waals surface area contributed by atoms with Crippen LogP contribution in [0, 0.1) is 0 Å². The van der Waals surface area contributed by atoms with Gasteiger partial charge in [-0.15, -0.1) is 0 Å². The molecule has 41 heavy (non-hydrogen) atoms. The van der Waals surface area contributed by atoms with Crippen LogP contribution in [0.5, 0.6) is 0 Å². The fourth-order valence-electron chi connectivity index (χ4n) is 4.94. The van der Waals surface area contributed by atoms with E-state index in [1.807, 2.05) is 0 Å². The topological polar surface area (TPSA) is 153 Å². The number of alkyl halides is 3. The Labute approximate surface area is 234 Å². The Morgan fingerprint density at radius 3 is 2.71 bits per heavy atom. The number of hydrogen-bond acceptors (Lipinski definition) is 8. The summed E-state index contributed by atoms with van der Waals surface area (Å²) >= 11 is 6.44. The second-order valence-electron chi connectivity index (χ2n) is 9.84. The monoisotopic (exact) mass is 589 g/mol. The highest BCUT2D eigenvalue weighted by Gasteiger charge is 2.38. The SMILES string of the molecule is O=C(NC1CN(C(=O)c2ccc(Nc3nccn4c(-c5c[nH]nc5C(F)(F)F)cnc34)cc2Cl)C1)[C@@H]1C[C@@H](O)CN1. The molecule has 0 saturated carbocycles. The summed E-state index contributed by atoms with van der Waals surface area (Å²) in [6, 6.07) is 4.09. The van der Waals surface area contributed by atoms with Crippen molar-refractivity contribution in [2.45, 2.75) is 30.8 Å². The van der Waals surface area contributed by atoms with Crippen molar-refractivity contribution in [3.8, 4) is 11.3 Å². The van der Waals surface area contributed by atoms with Crippen LogP contribution in [0.2, 0.25) is 5.02 Å². The molecule has 12 nitrogen and oxygen atoms in total. The second kappa shape index (κ2) is 10.3. The molecule has 2 aliphatic heterocycles. The number of nitrogens with zero attached hydrogens (tertiary/aromatic N) is 5. The molecule has 214 valence electrons. The predicted octanol–water partition coefficient (Wildman–Crippen LogP) is 2.20. The number of aliphatic hydroxyl groups excluding tert-OH is 1. The van der Waals surface area contributed by atoms with E-state index in [0.29, 0.717) is 31.7 Å². The molecule has 5 N–H and O–H groups in total. The maximum atomic E-state index is 13.4. The summed E-state index contributed by atoms with van der Waals surface area (Å²) in [6.45, 7) is 1.03. The zero-order chi connectivity index (χ0) is 28.9. The largest absolute Gasteiger partial charge is 0.435 e. The Bertz CT molecular complexity index is 1630. The van der Waals surface area contributed by atoms with Crippen molar-refractivity contribution in [2.24, 2.45) is 0 Å². The highest BCUT2D eigenvalue weighted by Crippen LogP contribution is 2.36. The van der Waals surface area contributed by atoms with Crippen LogP contribution in [0.25, 0.3) is 16.9 Å². The van der Waals surface area contributed by atoms with Gasteiger partial charge in [0.25, 0.3) is 5.91 Å². The number of rotatable bonds is 6. The molecule has 1 aromatic carbocycles. The molecule has 2 saturated heterocycles. The number of hydrogen-bond donors (Lipinski definition) is 5. The summed E-state index contributed by atoms with van der Waals surface area (Å²) in [4.78, 5) is 35.4. The molecule has 2 fully saturated rings. The van der Waals surface area contributed by atoms with Crippen molar-refractivity contribution in [3.05, 3.63) is 59.3 Å². The number of fused-ring (bicyclic) bond motifs is 1. The van der Waals surface area contributed by atoms with E-state index < -0.39 is 24.0 Å². The molecule has 2 atom stereocenters. The maximum absolute atomic E-state index is 13.4. The first-order valence-electron chi connectivity index (χ1n) is 12.6. The van der Waals surface area contributed by atoms with Gasteiger partial charge in [-0.25, -0.2) is 9.97 Å². The van der Waals surface area contributed by atoms with Crippen molar-refractivity contribution in [3.63, 3.8) is 0 Å². The van der Waals surface area contributed by atoms with Gasteiger partial charge in [-0.3, -0.25) is 19.1 Å². The smallest absolute Gasteiger partial charge is 0.392 e. The van der Waals surface area contributed by atoms with E-state index in [2.05, 4.69) is 36.1 Å². The Morgan fingerprint density at radius 1 is 1.20 bits per heavy atom. The van der Waals surface area contributed by atoms with Crippen LogP contribution in [0.4, 0.5) is 24.7 Å². The quantitative estimate of drug-likeness (QED) is 0.229. The predicted molar refractivity (Wildman–Crippen MR) is 141 cm³/mol. The van der Waals surface area contributed by atoms with Gasteiger partial charge in [0.15, 0.2) is 17.2 Å². The number of aliphatic hydroxyl groups is 1. The number of anilines is 2. The molecule has 4 aromatic rings. The van der Waals surface area contributed by atoms with Crippen LogP contribution in [-0.2, 0) is 11.0 Å². The molecule has 16 heteroatoms. The van der Waals surface area contributed by atoms with Crippen molar-refractivity contribution in [1.29, 1.82) is 0 Å². The van der Waals surface area contributed by atoms with Gasteiger partial charge in [-0.05, 0) is 24.6 Å². The lowest BCUT2D eigenvalue weighted by Gasteiger charge is -2.40. The first-order valence-corrected chi connectivity index (χ1v) is 13.0. The van der Waals surface area contributed by atoms with Gasteiger partial charge in [0, 0.05) is 43.9 Å². The Hall–Kier alpha value is -4.21. The number of halogens is 4. The van der Waals surface area contributed by atoms with Gasteiger partial charge in [-0.2, -0.15) is 18.3 Å². The summed E-state index contributed by atoms with van der Waals surface area (Å²) in [5.41, 5.74) is -0.0164. The molecule has 2 amide bonds. The number of nitrogens with one attached hydrogen (secondary N) is 4. The van der Waals surface area contributed by atoms with E-state index in [0.717, 1.165) is 6.20 Å². The van der Waals surface area contributed by atoms with Crippen molar-refractivity contribution in [2.75, 3.05) is 25.0 Å². The average Bonchev–Trinajstić information content (AvgIpc) is 3.65. The zero-order valence-electron chi connectivity index (χ0n) is 21.1. The molecule has 0 bridgehead atoms. The van der Waals surface area contributed by atoms with Crippen LogP contribution in [0.15, 0.2) is 43.0 Å². The molecule has 2 aliphatic rings. The second-order valence-corrected chi connectivity index (χ2v) is 10.3. The first-order chi connectivity index (χ1) is 19.6. The van der Waals surface area contributed by atoms with Crippen LogP contribution < -0.4 is 16.0 Å². The fourth-order valence-corrected chi connectivity index (χ4v) is 5.20. The molecule has 3 aromatic heterocycles. The van der Waals surface area contributed by atoms with Crippen molar-refractivity contribution < 1.29 is 27.9 Å². The third-order valence-electron chi connectivity index (χ3n) is 7.01.